The molecule has 0 aliphatic rings. The number of nitrogens with zero attached hydrogens (tertiary/aromatic N) is 9. The van der Waals surface area contributed by atoms with Crippen LogP contribution in [0.2, 0.25) is 0 Å². The second-order valence-corrected chi connectivity index (χ2v) is 44.0. The second kappa shape index (κ2) is 37.0. The zero-order valence-electron chi connectivity index (χ0n) is 80.1. The van der Waals surface area contributed by atoms with Crippen molar-refractivity contribution in [2.75, 3.05) is 0 Å². The van der Waals surface area contributed by atoms with Crippen LogP contribution in [0.25, 0.3) is 303 Å². The molecule has 15 heteroatoms. The van der Waals surface area contributed by atoms with Crippen molar-refractivity contribution in [2.24, 2.45) is 0 Å². The summed E-state index contributed by atoms with van der Waals surface area (Å²) < 4.78 is 27.4. The van der Waals surface area contributed by atoms with Gasteiger partial charge in [-0.2, -0.15) is 0 Å². The maximum atomic E-state index is 6.27. The van der Waals surface area contributed by atoms with Gasteiger partial charge in [-0.3, -0.25) is 0 Å². The van der Waals surface area contributed by atoms with E-state index in [1.54, 1.807) is 0 Å². The second-order valence-electron chi connectivity index (χ2n) is 37.4. The van der Waals surface area contributed by atoms with E-state index in [-0.39, 0.29) is 43.5 Å². The van der Waals surface area contributed by atoms with Crippen molar-refractivity contribution in [3.05, 3.63) is 479 Å². The van der Waals surface area contributed by atoms with Crippen LogP contribution in [0, 0.1) is 0 Å². The quantitative estimate of drug-likeness (QED) is 0.101. The van der Waals surface area contributed by atoms with Crippen LogP contribution in [0.3, 0.4) is 0 Å². The Hall–Kier alpha value is -18.4. The fraction of sp³-hybridized carbons (Fsp3) is 0. The van der Waals surface area contributed by atoms with Crippen molar-refractivity contribution in [3.63, 3.8) is 0 Å². The minimum absolute atomic E-state index is 0.138. The molecule has 0 saturated carbocycles. The average Bonchev–Trinajstić information content (AvgIpc) is 1.58. The molecule has 0 spiro atoms. The molecule has 12 nitrogen and oxygen atoms in total. The molecule has 0 aliphatic carbocycles. The van der Waals surface area contributed by atoms with Crippen molar-refractivity contribution in [2.45, 2.75) is 0 Å². The summed E-state index contributed by atoms with van der Waals surface area (Å²) in [6, 6.07) is 168. The summed E-state index contributed by atoms with van der Waals surface area (Å²) >= 11 is 0.649. The molecule has 700 valence electrons. The Morgan fingerprint density at radius 1 is 0.133 bits per heavy atom. The van der Waals surface area contributed by atoms with Gasteiger partial charge in [0.1, 0.15) is 22.3 Å². The number of hydrogen-bond donors (Lipinski definition) is 0. The SMILES string of the molecule is c1ccc(-c2nc(-c3ccc(-c4cccc5c4[se]c4c(-c6ccccc6)cccc45)c4ccccc34)nc(-c3cccc4oc5ccccc5c34)n2)cc1.c1ccc(-c2nc(-c3ccc(-c4cccc5c4[se]c4ccccc45)c4ccccc34)nc(-c3cccc4oc5ccccc5c34)n2)cc1.c1ccc(-c2nc(-c3ccc4c(-c5cccc6c5[se]c5ccccc56)cccc4c3)nc(-c3cccc4oc5ccccc5c34)n2)cc1. The van der Waals surface area contributed by atoms with E-state index in [2.05, 4.69) is 309 Å². The Morgan fingerprint density at radius 3 is 0.793 bits per heavy atom. The molecular weight excluding hydrogens is 2030 g/mol. The Balaban J connectivity index is 0.000000106. The third kappa shape index (κ3) is 15.4. The average molecular weight is 2110 g/mol. The van der Waals surface area contributed by atoms with Crippen molar-refractivity contribution >= 4 is 200 Å². The van der Waals surface area contributed by atoms with E-state index >= 15 is 0 Å². The molecule has 0 atom stereocenters. The van der Waals surface area contributed by atoms with Crippen LogP contribution in [0.5, 0.6) is 0 Å². The molecule has 9 heterocycles. The minimum Gasteiger partial charge on any atom is -0.0615 e. The smallest absolute Gasteiger partial charge is 0.0615 e. The fourth-order valence-corrected chi connectivity index (χ4v) is 29.8. The predicted molar refractivity (Wildman–Crippen MR) is 620 cm³/mol. The summed E-state index contributed by atoms with van der Waals surface area (Å²) in [6.07, 6.45) is 0. The molecule has 31 aromatic rings. The van der Waals surface area contributed by atoms with E-state index in [1.165, 1.54) is 119 Å². The van der Waals surface area contributed by atoms with Crippen LogP contribution in [0.15, 0.2) is 492 Å². The van der Waals surface area contributed by atoms with E-state index in [1.807, 2.05) is 170 Å². The first-order chi connectivity index (χ1) is 74.4. The summed E-state index contributed by atoms with van der Waals surface area (Å²) in [6.45, 7) is 0. The van der Waals surface area contributed by atoms with Crippen LogP contribution < -0.4 is 0 Å². The molecular formula is C135H79N9O3Se3. The fourth-order valence-electron chi connectivity index (χ4n) is 21.8. The molecule has 9 aromatic heterocycles. The Morgan fingerprint density at radius 2 is 0.387 bits per heavy atom. The molecule has 0 amide bonds. The molecule has 0 fully saturated rings. The van der Waals surface area contributed by atoms with E-state index in [0.717, 1.165) is 132 Å². The van der Waals surface area contributed by atoms with Gasteiger partial charge in [-0.1, -0.05) is 91.0 Å². The maximum absolute atomic E-state index is 6.27. The Kier molecular flexibility index (Phi) is 21.7. The van der Waals surface area contributed by atoms with Crippen LogP contribution in [0.1, 0.15) is 0 Å². The summed E-state index contributed by atoms with van der Waals surface area (Å²) in [7, 11) is 0. The van der Waals surface area contributed by atoms with Gasteiger partial charge in [-0.25, -0.2) is 0 Å². The molecule has 22 aromatic carbocycles. The van der Waals surface area contributed by atoms with E-state index in [9.17, 15) is 0 Å². The van der Waals surface area contributed by atoms with E-state index < -0.39 is 0 Å². The van der Waals surface area contributed by atoms with Gasteiger partial charge in [0.25, 0.3) is 0 Å². The summed E-state index contributed by atoms with van der Waals surface area (Å²) in [5.41, 5.74) is 23.6. The standard InChI is InChI=1S/C49H29N3OSe.2C43H25N3OSe/c1-3-14-30(15-4-1)32-21-11-23-37-38-24-12-22-36(46(38)54-45(32)37)35-28-29-39(34-19-8-7-18-33(34)35)48-50-47(31-16-5-2-6-17-31)51-49(52-48)41-25-13-27-43-44(41)40-20-9-10-26-42(40)53-43;1-2-11-26(12-3-1)41-44-42(46-43(45-41)35-19-10-21-37-39(35)34-15-4-6-20-36(34)47-37)28-23-24-29-27(25-28)13-8-16-30(29)32-17-9-18-33-31-14-5-7-22-38(31)48-40(32)33;1-2-12-26(13-3-1)41-44-42(46-43(45-41)35-20-11-22-37-39(35)34-17-6-8-21-36(34)47-37)33-25-24-29(27-14-4-5-15-28(27)33)31-18-10-19-32-30-16-7-9-23-38(30)48-40(31)32/h1-29H;2*1-25H. The predicted octanol–water partition coefficient (Wildman–Crippen LogP) is 34.5. The van der Waals surface area contributed by atoms with Gasteiger partial charge in [0, 0.05) is 5.39 Å². The molecule has 0 radical (unpaired) electrons. The molecule has 0 bridgehead atoms. The summed E-state index contributed by atoms with van der Waals surface area (Å²) in [5, 5.41) is 21.2. The first kappa shape index (κ1) is 88.1. The third-order valence-corrected chi connectivity index (χ3v) is 36.5. The number of fused-ring (bicyclic) bond motifs is 21. The van der Waals surface area contributed by atoms with Gasteiger partial charge >= 0.3 is 716 Å². The van der Waals surface area contributed by atoms with Crippen LogP contribution >= 0.6 is 0 Å². The first-order valence-corrected chi connectivity index (χ1v) is 55.1. The number of para-hydroxylation sites is 3. The number of rotatable bonds is 13. The zero-order valence-corrected chi connectivity index (χ0v) is 85.2. The van der Waals surface area contributed by atoms with Gasteiger partial charge < -0.3 is 13.3 Å². The monoisotopic (exact) mass is 2110 g/mol. The third-order valence-electron chi connectivity index (χ3n) is 28.7. The van der Waals surface area contributed by atoms with Gasteiger partial charge in [0.2, 0.25) is 0 Å². The Labute approximate surface area is 876 Å². The normalized spacial score (nSPS) is 11.7. The molecule has 0 saturated heterocycles. The topological polar surface area (TPSA) is 155 Å². The number of benzene rings is 22. The first-order valence-electron chi connectivity index (χ1n) is 49.9. The van der Waals surface area contributed by atoms with Crippen molar-refractivity contribution in [3.8, 4) is 147 Å². The number of hydrogen-bond acceptors (Lipinski definition) is 12. The zero-order chi connectivity index (χ0) is 98.8. The minimum atomic E-state index is 0.138. The van der Waals surface area contributed by atoms with Crippen LogP contribution in [-0.4, -0.2) is 88.4 Å². The van der Waals surface area contributed by atoms with Gasteiger partial charge in [-0.15, -0.1) is 0 Å². The summed E-state index contributed by atoms with van der Waals surface area (Å²) in [5.74, 6) is 5.65. The van der Waals surface area contributed by atoms with Crippen LogP contribution in [0.4, 0.5) is 0 Å². The van der Waals surface area contributed by atoms with Crippen LogP contribution in [-0.2, 0) is 0 Å². The van der Waals surface area contributed by atoms with Crippen molar-refractivity contribution < 1.29 is 13.3 Å². The van der Waals surface area contributed by atoms with Gasteiger partial charge in [0.15, 0.2) is 0 Å². The van der Waals surface area contributed by atoms with Crippen molar-refractivity contribution in [1.29, 1.82) is 0 Å². The van der Waals surface area contributed by atoms with Gasteiger partial charge in [-0.05, 0) is 36.4 Å². The Bertz CT molecular complexity index is 10900. The van der Waals surface area contributed by atoms with Crippen molar-refractivity contribution in [1.82, 2.24) is 44.9 Å². The molecule has 150 heavy (non-hydrogen) atoms. The molecule has 0 unspecified atom stereocenters. The molecule has 31 rings (SSSR count). The molecule has 0 aliphatic heterocycles. The van der Waals surface area contributed by atoms with Gasteiger partial charge in [0.05, 0.1) is 0 Å². The summed E-state index contributed by atoms with van der Waals surface area (Å²) in [4.78, 5) is 46.2. The van der Waals surface area contributed by atoms with E-state index in [0.29, 0.717) is 52.4 Å². The number of aromatic nitrogens is 9. The van der Waals surface area contributed by atoms with E-state index in [4.69, 9.17) is 58.1 Å². The number of furan rings is 3. The molecule has 0 N–H and O–H groups in total.